The van der Waals surface area contributed by atoms with E-state index in [0.29, 0.717) is 0 Å². The molecule has 3 aromatic carbocycles. The highest BCUT2D eigenvalue weighted by molar-refractivity contribution is 7.07. The minimum atomic E-state index is 0.852. The SMILES string of the molecule is COc1ccc(-c2csc(=Nc3ccc(C)cc3)n2-c2ccc(C)cc2)cc1. The number of nitrogens with zero attached hydrogens (tertiary/aromatic N) is 2. The van der Waals surface area contributed by atoms with Crippen LogP contribution in [0.15, 0.2) is 83.2 Å². The van der Waals surface area contributed by atoms with E-state index in [1.54, 1.807) is 18.4 Å². The second-order valence-corrected chi connectivity index (χ2v) is 7.59. The summed E-state index contributed by atoms with van der Waals surface area (Å²) in [6.45, 7) is 4.19. The van der Waals surface area contributed by atoms with E-state index in [-0.39, 0.29) is 0 Å². The summed E-state index contributed by atoms with van der Waals surface area (Å²) in [6.07, 6.45) is 0. The molecule has 0 aliphatic rings. The second-order valence-electron chi connectivity index (χ2n) is 6.75. The average Bonchev–Trinajstić information content (AvgIpc) is 3.14. The Morgan fingerprint density at radius 1 is 0.786 bits per heavy atom. The highest BCUT2D eigenvalue weighted by atomic mass is 32.1. The fourth-order valence-electron chi connectivity index (χ4n) is 3.03. The Labute approximate surface area is 169 Å². The van der Waals surface area contributed by atoms with Crippen LogP contribution in [0.25, 0.3) is 16.9 Å². The van der Waals surface area contributed by atoms with E-state index in [4.69, 9.17) is 9.73 Å². The third-order valence-corrected chi connectivity index (χ3v) is 5.47. The smallest absolute Gasteiger partial charge is 0.195 e. The second kappa shape index (κ2) is 7.87. The number of thiazole rings is 1. The van der Waals surface area contributed by atoms with Crippen LogP contribution >= 0.6 is 11.3 Å². The first-order valence-electron chi connectivity index (χ1n) is 9.17. The molecule has 4 aromatic rings. The maximum atomic E-state index is 5.30. The van der Waals surface area contributed by atoms with Gasteiger partial charge in [-0.1, -0.05) is 35.4 Å². The third kappa shape index (κ3) is 3.78. The zero-order chi connectivity index (χ0) is 19.5. The summed E-state index contributed by atoms with van der Waals surface area (Å²) >= 11 is 1.64. The predicted molar refractivity (Wildman–Crippen MR) is 117 cm³/mol. The standard InChI is InChI=1S/C24H22N2OS/c1-17-4-10-20(11-5-17)25-24-26(21-12-6-18(2)7-13-21)23(16-28-24)19-8-14-22(27-3)15-9-19/h4-16H,1-3H3. The molecule has 0 unspecified atom stereocenters. The van der Waals surface area contributed by atoms with Gasteiger partial charge in [0.15, 0.2) is 4.80 Å². The molecule has 1 aromatic heterocycles. The van der Waals surface area contributed by atoms with Crippen LogP contribution in [0.1, 0.15) is 11.1 Å². The van der Waals surface area contributed by atoms with E-state index < -0.39 is 0 Å². The summed E-state index contributed by atoms with van der Waals surface area (Å²) in [5, 5.41) is 2.16. The Balaban J connectivity index is 1.90. The maximum Gasteiger partial charge on any atom is 0.195 e. The van der Waals surface area contributed by atoms with Crippen LogP contribution < -0.4 is 9.54 Å². The zero-order valence-corrected chi connectivity index (χ0v) is 17.0. The van der Waals surface area contributed by atoms with E-state index >= 15 is 0 Å². The molecule has 0 spiro atoms. The largest absolute Gasteiger partial charge is 0.497 e. The van der Waals surface area contributed by atoms with E-state index in [9.17, 15) is 0 Å². The van der Waals surface area contributed by atoms with E-state index in [0.717, 1.165) is 33.2 Å². The van der Waals surface area contributed by atoms with Crippen molar-refractivity contribution >= 4 is 17.0 Å². The van der Waals surface area contributed by atoms with Gasteiger partial charge in [-0.05, 0) is 67.9 Å². The first-order valence-corrected chi connectivity index (χ1v) is 10.1. The van der Waals surface area contributed by atoms with E-state index in [1.165, 1.54) is 11.1 Å². The van der Waals surface area contributed by atoms with Crippen LogP contribution in [0.4, 0.5) is 5.69 Å². The number of ether oxygens (including phenoxy) is 1. The van der Waals surface area contributed by atoms with Crippen molar-refractivity contribution in [2.75, 3.05) is 7.11 Å². The Kier molecular flexibility index (Phi) is 5.13. The molecule has 0 fully saturated rings. The summed E-state index contributed by atoms with van der Waals surface area (Å²) in [5.74, 6) is 0.852. The summed E-state index contributed by atoms with van der Waals surface area (Å²) in [7, 11) is 1.69. The molecule has 1 heterocycles. The van der Waals surface area contributed by atoms with E-state index in [2.05, 4.69) is 84.5 Å². The first-order chi connectivity index (χ1) is 13.6. The highest BCUT2D eigenvalue weighted by Gasteiger charge is 2.10. The predicted octanol–water partition coefficient (Wildman–Crippen LogP) is 6.06. The lowest BCUT2D eigenvalue weighted by atomic mass is 10.1. The fraction of sp³-hybridized carbons (Fsp3) is 0.125. The molecular weight excluding hydrogens is 364 g/mol. The number of hydrogen-bond acceptors (Lipinski definition) is 3. The van der Waals surface area contributed by atoms with Gasteiger partial charge in [0.05, 0.1) is 18.5 Å². The lowest BCUT2D eigenvalue weighted by Crippen LogP contribution is -2.13. The van der Waals surface area contributed by atoms with Crippen molar-refractivity contribution in [2.24, 2.45) is 4.99 Å². The summed E-state index contributed by atoms with van der Waals surface area (Å²) in [5.41, 5.74) is 6.77. The maximum absolute atomic E-state index is 5.30. The third-order valence-electron chi connectivity index (χ3n) is 4.64. The van der Waals surface area contributed by atoms with Crippen molar-refractivity contribution in [2.45, 2.75) is 13.8 Å². The lowest BCUT2D eigenvalue weighted by molar-refractivity contribution is 0.415. The molecule has 4 heteroatoms. The van der Waals surface area contributed by atoms with Crippen molar-refractivity contribution in [1.29, 1.82) is 0 Å². The van der Waals surface area contributed by atoms with Crippen LogP contribution in [0.3, 0.4) is 0 Å². The van der Waals surface area contributed by atoms with Crippen LogP contribution in [-0.4, -0.2) is 11.7 Å². The molecule has 0 aliphatic heterocycles. The summed E-state index contributed by atoms with van der Waals surface area (Å²) in [6, 6.07) is 25.0. The number of aromatic nitrogens is 1. The molecule has 0 radical (unpaired) electrons. The normalized spacial score (nSPS) is 11.6. The van der Waals surface area contributed by atoms with Crippen molar-refractivity contribution in [1.82, 2.24) is 4.57 Å². The molecule has 0 saturated heterocycles. The lowest BCUT2D eigenvalue weighted by Gasteiger charge is -2.10. The van der Waals surface area contributed by atoms with Gasteiger partial charge in [0.25, 0.3) is 0 Å². The molecule has 0 saturated carbocycles. The number of benzene rings is 3. The van der Waals surface area contributed by atoms with Crippen molar-refractivity contribution < 1.29 is 4.74 Å². The summed E-state index contributed by atoms with van der Waals surface area (Å²) in [4.78, 5) is 5.86. The number of aryl methyl sites for hydroxylation is 2. The summed E-state index contributed by atoms with van der Waals surface area (Å²) < 4.78 is 7.52. The van der Waals surface area contributed by atoms with Gasteiger partial charge in [0, 0.05) is 11.1 Å². The van der Waals surface area contributed by atoms with Gasteiger partial charge in [-0.2, -0.15) is 0 Å². The molecule has 4 rings (SSSR count). The number of rotatable bonds is 4. The number of methoxy groups -OCH3 is 1. The van der Waals surface area contributed by atoms with Gasteiger partial charge < -0.3 is 4.74 Å². The van der Waals surface area contributed by atoms with E-state index in [1.807, 2.05) is 12.1 Å². The molecule has 0 amide bonds. The van der Waals surface area contributed by atoms with Gasteiger partial charge in [0.1, 0.15) is 5.75 Å². The highest BCUT2D eigenvalue weighted by Crippen LogP contribution is 2.26. The van der Waals surface area contributed by atoms with Crippen LogP contribution in [0, 0.1) is 13.8 Å². The monoisotopic (exact) mass is 386 g/mol. The fourth-order valence-corrected chi connectivity index (χ4v) is 3.95. The first kappa shape index (κ1) is 18.3. The molecule has 140 valence electrons. The van der Waals surface area contributed by atoms with Gasteiger partial charge in [-0.3, -0.25) is 4.57 Å². The molecule has 0 atom stereocenters. The topological polar surface area (TPSA) is 26.5 Å². The van der Waals surface area contributed by atoms with Gasteiger partial charge in [-0.25, -0.2) is 4.99 Å². The van der Waals surface area contributed by atoms with Crippen LogP contribution in [0.5, 0.6) is 5.75 Å². The molecule has 3 nitrogen and oxygen atoms in total. The molecule has 28 heavy (non-hydrogen) atoms. The molecule has 0 bridgehead atoms. The minimum Gasteiger partial charge on any atom is -0.497 e. The van der Waals surface area contributed by atoms with Crippen LogP contribution in [-0.2, 0) is 0 Å². The van der Waals surface area contributed by atoms with Crippen molar-refractivity contribution in [3.63, 3.8) is 0 Å². The average molecular weight is 387 g/mol. The quantitative estimate of drug-likeness (QED) is 0.418. The number of hydrogen-bond donors (Lipinski definition) is 0. The zero-order valence-electron chi connectivity index (χ0n) is 16.2. The molecule has 0 aliphatic carbocycles. The Bertz CT molecular complexity index is 1140. The Morgan fingerprint density at radius 3 is 2.00 bits per heavy atom. The Hall–Kier alpha value is -3.11. The van der Waals surface area contributed by atoms with Crippen molar-refractivity contribution in [3.8, 4) is 22.7 Å². The van der Waals surface area contributed by atoms with Gasteiger partial charge in [0.2, 0.25) is 0 Å². The minimum absolute atomic E-state index is 0.852. The van der Waals surface area contributed by atoms with Crippen molar-refractivity contribution in [3.05, 3.63) is 94.1 Å². The van der Waals surface area contributed by atoms with Gasteiger partial charge in [-0.15, -0.1) is 11.3 Å². The molecule has 0 N–H and O–H groups in total. The van der Waals surface area contributed by atoms with Crippen LogP contribution in [0.2, 0.25) is 0 Å². The molecular formula is C24H22N2OS. The Morgan fingerprint density at radius 2 is 1.39 bits per heavy atom. The van der Waals surface area contributed by atoms with Gasteiger partial charge >= 0.3 is 0 Å².